The summed E-state index contributed by atoms with van der Waals surface area (Å²) in [6.45, 7) is 0.861. The predicted octanol–water partition coefficient (Wildman–Crippen LogP) is 2.08. The molecule has 106 valence electrons. The Kier molecular flexibility index (Phi) is 6.12. The summed E-state index contributed by atoms with van der Waals surface area (Å²) >= 11 is 0. The molecular formula is C14H27NO2S. The van der Waals surface area contributed by atoms with E-state index in [1.807, 2.05) is 7.05 Å². The molecule has 2 aliphatic rings. The first kappa shape index (κ1) is 14.5. The van der Waals surface area contributed by atoms with Crippen molar-refractivity contribution in [2.45, 2.75) is 57.1 Å². The van der Waals surface area contributed by atoms with Gasteiger partial charge in [0.05, 0.1) is 6.10 Å². The monoisotopic (exact) mass is 273 g/mol. The molecule has 2 rings (SSSR count). The Bertz CT molecular complexity index is 261. The fraction of sp³-hybridized carbons (Fsp3) is 1.00. The van der Waals surface area contributed by atoms with Crippen molar-refractivity contribution in [3.8, 4) is 0 Å². The van der Waals surface area contributed by atoms with Gasteiger partial charge in [0.1, 0.15) is 0 Å². The first-order valence-electron chi connectivity index (χ1n) is 7.43. The van der Waals surface area contributed by atoms with Crippen LogP contribution in [0.4, 0.5) is 0 Å². The largest absolute Gasteiger partial charge is 0.377 e. The summed E-state index contributed by atoms with van der Waals surface area (Å²) in [5.74, 6) is 2.28. The molecule has 1 saturated carbocycles. The number of nitrogens with one attached hydrogen (secondary N) is 1. The zero-order chi connectivity index (χ0) is 12.8. The van der Waals surface area contributed by atoms with Gasteiger partial charge in [0.2, 0.25) is 0 Å². The summed E-state index contributed by atoms with van der Waals surface area (Å²) in [5.41, 5.74) is 0. The van der Waals surface area contributed by atoms with Crippen LogP contribution in [0.5, 0.6) is 0 Å². The molecule has 0 aromatic rings. The van der Waals surface area contributed by atoms with Gasteiger partial charge in [0.25, 0.3) is 0 Å². The van der Waals surface area contributed by atoms with Crippen molar-refractivity contribution in [2.75, 3.05) is 25.2 Å². The maximum atomic E-state index is 12.2. The van der Waals surface area contributed by atoms with E-state index in [2.05, 4.69) is 5.32 Å². The number of hydrogen-bond acceptors (Lipinski definition) is 3. The van der Waals surface area contributed by atoms with Crippen molar-refractivity contribution in [1.82, 2.24) is 5.32 Å². The molecule has 1 heterocycles. The average molecular weight is 273 g/mol. The van der Waals surface area contributed by atoms with E-state index < -0.39 is 10.8 Å². The summed E-state index contributed by atoms with van der Waals surface area (Å²) < 4.78 is 17.8. The van der Waals surface area contributed by atoms with Crippen LogP contribution in [0, 0.1) is 5.92 Å². The van der Waals surface area contributed by atoms with Gasteiger partial charge in [-0.15, -0.1) is 0 Å². The van der Waals surface area contributed by atoms with E-state index in [9.17, 15) is 4.21 Å². The second-order valence-corrected chi connectivity index (χ2v) is 7.25. The molecule has 1 aliphatic carbocycles. The molecule has 0 bridgehead atoms. The number of hydrogen-bond donors (Lipinski definition) is 1. The van der Waals surface area contributed by atoms with Gasteiger partial charge in [0, 0.05) is 35.0 Å². The molecule has 3 nitrogen and oxygen atoms in total. The second-order valence-electron chi connectivity index (χ2n) is 5.70. The average Bonchev–Trinajstić information content (AvgIpc) is 2.90. The van der Waals surface area contributed by atoms with Crippen LogP contribution in [0.2, 0.25) is 0 Å². The first-order chi connectivity index (χ1) is 8.79. The maximum absolute atomic E-state index is 12.2. The van der Waals surface area contributed by atoms with Gasteiger partial charge in [-0.25, -0.2) is 0 Å². The molecule has 0 aromatic carbocycles. The molecule has 1 aliphatic heterocycles. The maximum Gasteiger partial charge on any atom is 0.0691 e. The third kappa shape index (κ3) is 4.32. The Morgan fingerprint density at radius 3 is 2.61 bits per heavy atom. The van der Waals surface area contributed by atoms with Gasteiger partial charge >= 0.3 is 0 Å². The Morgan fingerprint density at radius 1 is 1.22 bits per heavy atom. The Morgan fingerprint density at radius 2 is 2.00 bits per heavy atom. The fourth-order valence-electron chi connectivity index (χ4n) is 3.24. The Hall–Kier alpha value is 0.0700. The minimum atomic E-state index is -0.729. The lowest BCUT2D eigenvalue weighted by molar-refractivity contribution is 0.128. The van der Waals surface area contributed by atoms with Crippen LogP contribution in [-0.2, 0) is 15.5 Å². The first-order valence-corrected chi connectivity index (χ1v) is 8.92. The van der Waals surface area contributed by atoms with Crippen LogP contribution in [0.3, 0.4) is 0 Å². The molecule has 18 heavy (non-hydrogen) atoms. The molecule has 2 fully saturated rings. The molecule has 1 saturated heterocycles. The van der Waals surface area contributed by atoms with Crippen LogP contribution in [0.25, 0.3) is 0 Å². The molecule has 0 amide bonds. The van der Waals surface area contributed by atoms with Crippen LogP contribution in [0.15, 0.2) is 0 Å². The number of rotatable bonds is 6. The molecule has 0 spiro atoms. The SMILES string of the molecule is CNC(CS(=O)CC1CCCO1)C1CCCCC1. The summed E-state index contributed by atoms with van der Waals surface area (Å²) in [6, 6.07) is 0.438. The van der Waals surface area contributed by atoms with E-state index in [0.29, 0.717) is 6.04 Å². The van der Waals surface area contributed by atoms with Crippen molar-refractivity contribution >= 4 is 10.8 Å². The van der Waals surface area contributed by atoms with E-state index in [1.54, 1.807) is 0 Å². The summed E-state index contributed by atoms with van der Waals surface area (Å²) in [7, 11) is 1.29. The highest BCUT2D eigenvalue weighted by atomic mass is 32.2. The zero-order valence-electron chi connectivity index (χ0n) is 11.5. The Balaban J connectivity index is 1.75. The number of ether oxygens (including phenoxy) is 1. The van der Waals surface area contributed by atoms with Crippen molar-refractivity contribution < 1.29 is 8.95 Å². The molecule has 4 heteroatoms. The van der Waals surface area contributed by atoms with Crippen LogP contribution in [-0.4, -0.2) is 41.5 Å². The minimum absolute atomic E-state index is 0.259. The van der Waals surface area contributed by atoms with E-state index in [4.69, 9.17) is 4.74 Å². The van der Waals surface area contributed by atoms with E-state index in [0.717, 1.165) is 36.9 Å². The highest BCUT2D eigenvalue weighted by Crippen LogP contribution is 2.27. The lowest BCUT2D eigenvalue weighted by Crippen LogP contribution is -2.40. The third-order valence-corrected chi connectivity index (χ3v) is 5.83. The van der Waals surface area contributed by atoms with Crippen molar-refractivity contribution in [2.24, 2.45) is 5.92 Å². The zero-order valence-corrected chi connectivity index (χ0v) is 12.3. The van der Waals surface area contributed by atoms with E-state index >= 15 is 0 Å². The standard InChI is InChI=1S/C14H27NO2S/c1-15-14(12-6-3-2-4-7-12)11-18(16)10-13-8-5-9-17-13/h12-15H,2-11H2,1H3. The van der Waals surface area contributed by atoms with Crippen LogP contribution < -0.4 is 5.32 Å². The van der Waals surface area contributed by atoms with Gasteiger partial charge in [-0.1, -0.05) is 19.3 Å². The highest BCUT2D eigenvalue weighted by molar-refractivity contribution is 7.85. The smallest absolute Gasteiger partial charge is 0.0691 e. The highest BCUT2D eigenvalue weighted by Gasteiger charge is 2.25. The van der Waals surface area contributed by atoms with Crippen molar-refractivity contribution in [3.05, 3.63) is 0 Å². The lowest BCUT2D eigenvalue weighted by Gasteiger charge is -2.30. The van der Waals surface area contributed by atoms with Gasteiger partial charge in [-0.05, 0) is 38.6 Å². The third-order valence-electron chi connectivity index (χ3n) is 4.35. The van der Waals surface area contributed by atoms with Crippen molar-refractivity contribution in [3.63, 3.8) is 0 Å². The fourth-order valence-corrected chi connectivity index (χ4v) is 4.90. The second kappa shape index (κ2) is 7.61. The predicted molar refractivity (Wildman–Crippen MR) is 76.3 cm³/mol. The van der Waals surface area contributed by atoms with Gasteiger partial charge in [-0.2, -0.15) is 0 Å². The van der Waals surface area contributed by atoms with E-state index in [1.165, 1.54) is 32.1 Å². The van der Waals surface area contributed by atoms with Gasteiger partial charge in [0.15, 0.2) is 0 Å². The molecule has 3 atom stereocenters. The quantitative estimate of drug-likeness (QED) is 0.805. The normalized spacial score (nSPS) is 29.3. The minimum Gasteiger partial charge on any atom is -0.377 e. The van der Waals surface area contributed by atoms with Gasteiger partial charge < -0.3 is 10.1 Å². The Labute approximate surface area is 114 Å². The lowest BCUT2D eigenvalue weighted by atomic mass is 9.84. The van der Waals surface area contributed by atoms with Crippen molar-refractivity contribution in [1.29, 1.82) is 0 Å². The van der Waals surface area contributed by atoms with Crippen LogP contribution in [0.1, 0.15) is 44.9 Å². The summed E-state index contributed by atoms with van der Waals surface area (Å²) in [6.07, 6.45) is 9.19. The summed E-state index contributed by atoms with van der Waals surface area (Å²) in [5, 5.41) is 3.39. The summed E-state index contributed by atoms with van der Waals surface area (Å²) in [4.78, 5) is 0. The van der Waals surface area contributed by atoms with Crippen LogP contribution >= 0.6 is 0 Å². The topological polar surface area (TPSA) is 38.3 Å². The molecule has 0 radical (unpaired) electrons. The molecule has 0 aromatic heterocycles. The molecule has 1 N–H and O–H groups in total. The van der Waals surface area contributed by atoms with Gasteiger partial charge in [-0.3, -0.25) is 4.21 Å². The van der Waals surface area contributed by atoms with E-state index in [-0.39, 0.29) is 6.10 Å². The molecule has 3 unspecified atom stereocenters. The molecular weight excluding hydrogens is 246 g/mol.